The van der Waals surface area contributed by atoms with Crippen molar-refractivity contribution >= 4 is 17.4 Å². The van der Waals surface area contributed by atoms with Crippen molar-refractivity contribution in [1.29, 1.82) is 0 Å². The summed E-state index contributed by atoms with van der Waals surface area (Å²) >= 11 is 1.60. The number of aliphatic hydroxyl groups is 1. The van der Waals surface area contributed by atoms with Gasteiger partial charge in [0.05, 0.1) is 11.5 Å². The van der Waals surface area contributed by atoms with Crippen LogP contribution in [0, 0.1) is 17.0 Å². The van der Waals surface area contributed by atoms with Crippen LogP contribution >= 0.6 is 11.8 Å². The normalized spacial score (nSPS) is 14.1. The van der Waals surface area contributed by atoms with Crippen molar-refractivity contribution in [3.63, 3.8) is 0 Å². The van der Waals surface area contributed by atoms with Crippen LogP contribution in [-0.4, -0.2) is 34.2 Å². The molecule has 106 valence electrons. The topological polar surface area (TPSA) is 75.4 Å². The molecule has 0 bridgehead atoms. The molecule has 2 atom stereocenters. The Bertz CT molecular complexity index is 436. The summed E-state index contributed by atoms with van der Waals surface area (Å²) in [5, 5.41) is 23.5. The Labute approximate surface area is 117 Å². The SMILES string of the molecule is CSC(CO)C(C)NCc1ccc(C)c([N+](=O)[O-])c1. The monoisotopic (exact) mass is 284 g/mol. The maximum absolute atomic E-state index is 10.9. The number of thioether (sulfide) groups is 1. The van der Waals surface area contributed by atoms with E-state index >= 15 is 0 Å². The molecule has 0 aliphatic carbocycles. The molecular weight excluding hydrogens is 264 g/mol. The first-order valence-electron chi connectivity index (χ1n) is 6.10. The van der Waals surface area contributed by atoms with Crippen molar-refractivity contribution in [1.82, 2.24) is 5.32 Å². The lowest BCUT2D eigenvalue weighted by atomic mass is 10.1. The van der Waals surface area contributed by atoms with Crippen molar-refractivity contribution < 1.29 is 10.0 Å². The third-order valence-electron chi connectivity index (χ3n) is 3.14. The Kier molecular flexibility index (Phi) is 6.27. The molecule has 0 heterocycles. The number of aryl methyl sites for hydroxylation is 1. The van der Waals surface area contributed by atoms with Crippen LogP contribution in [0.2, 0.25) is 0 Å². The Morgan fingerprint density at radius 2 is 2.21 bits per heavy atom. The predicted molar refractivity (Wildman–Crippen MR) is 78.5 cm³/mol. The van der Waals surface area contributed by atoms with E-state index in [0.29, 0.717) is 12.1 Å². The van der Waals surface area contributed by atoms with Gasteiger partial charge in [-0.25, -0.2) is 0 Å². The van der Waals surface area contributed by atoms with Gasteiger partial charge < -0.3 is 10.4 Å². The Balaban J connectivity index is 2.68. The first-order valence-corrected chi connectivity index (χ1v) is 7.39. The number of benzene rings is 1. The van der Waals surface area contributed by atoms with E-state index in [1.54, 1.807) is 30.8 Å². The molecule has 0 aromatic heterocycles. The van der Waals surface area contributed by atoms with Gasteiger partial charge in [-0.1, -0.05) is 12.1 Å². The number of nitro groups is 1. The Morgan fingerprint density at radius 1 is 1.53 bits per heavy atom. The van der Waals surface area contributed by atoms with Crippen LogP contribution in [-0.2, 0) is 6.54 Å². The van der Waals surface area contributed by atoms with Gasteiger partial charge in [0.1, 0.15) is 0 Å². The Morgan fingerprint density at radius 3 is 2.74 bits per heavy atom. The van der Waals surface area contributed by atoms with Crippen LogP contribution in [0.3, 0.4) is 0 Å². The largest absolute Gasteiger partial charge is 0.395 e. The second kappa shape index (κ2) is 7.47. The van der Waals surface area contributed by atoms with Gasteiger partial charge >= 0.3 is 0 Å². The fourth-order valence-electron chi connectivity index (χ4n) is 1.81. The zero-order valence-electron chi connectivity index (χ0n) is 11.4. The smallest absolute Gasteiger partial charge is 0.272 e. The average Bonchev–Trinajstić information content (AvgIpc) is 2.38. The number of aliphatic hydroxyl groups excluding tert-OH is 1. The number of nitro benzene ring substituents is 1. The Hall–Kier alpha value is -1.11. The second-order valence-corrected chi connectivity index (χ2v) is 5.58. The van der Waals surface area contributed by atoms with Crippen molar-refractivity contribution in [3.05, 3.63) is 39.4 Å². The highest BCUT2D eigenvalue weighted by Gasteiger charge is 2.15. The molecule has 1 aromatic carbocycles. The lowest BCUT2D eigenvalue weighted by Crippen LogP contribution is -2.37. The van der Waals surface area contributed by atoms with Gasteiger partial charge in [-0.2, -0.15) is 11.8 Å². The van der Waals surface area contributed by atoms with Crippen LogP contribution in [0.4, 0.5) is 5.69 Å². The van der Waals surface area contributed by atoms with Crippen LogP contribution in [0.1, 0.15) is 18.1 Å². The zero-order chi connectivity index (χ0) is 14.4. The van der Waals surface area contributed by atoms with Crippen LogP contribution in [0.25, 0.3) is 0 Å². The highest BCUT2D eigenvalue weighted by atomic mass is 32.2. The van der Waals surface area contributed by atoms with Gasteiger partial charge in [0.2, 0.25) is 0 Å². The third kappa shape index (κ3) is 4.49. The van der Waals surface area contributed by atoms with E-state index in [0.717, 1.165) is 5.56 Å². The molecule has 0 fully saturated rings. The lowest BCUT2D eigenvalue weighted by Gasteiger charge is -2.21. The summed E-state index contributed by atoms with van der Waals surface area (Å²) in [6.45, 7) is 4.40. The predicted octanol–water partition coefficient (Wildman–Crippen LogP) is 2.11. The summed E-state index contributed by atoms with van der Waals surface area (Å²) in [6.07, 6.45) is 1.95. The molecule has 0 amide bonds. The van der Waals surface area contributed by atoms with E-state index in [1.807, 2.05) is 19.2 Å². The van der Waals surface area contributed by atoms with Crippen molar-refractivity contribution in [2.45, 2.75) is 31.7 Å². The molecule has 0 saturated heterocycles. The standard InChI is InChI=1S/C13H20N2O3S/c1-9-4-5-11(6-12(9)15(17)18)7-14-10(2)13(8-16)19-3/h4-6,10,13-14,16H,7-8H2,1-3H3. The molecule has 0 saturated carbocycles. The van der Waals surface area contributed by atoms with E-state index in [4.69, 9.17) is 0 Å². The number of rotatable bonds is 7. The zero-order valence-corrected chi connectivity index (χ0v) is 12.2. The average molecular weight is 284 g/mol. The molecule has 1 rings (SSSR count). The maximum Gasteiger partial charge on any atom is 0.272 e. The highest BCUT2D eigenvalue weighted by molar-refractivity contribution is 7.99. The van der Waals surface area contributed by atoms with Crippen molar-refractivity contribution in [3.8, 4) is 0 Å². The van der Waals surface area contributed by atoms with Gasteiger partial charge in [0, 0.05) is 29.5 Å². The fraction of sp³-hybridized carbons (Fsp3) is 0.538. The summed E-state index contributed by atoms with van der Waals surface area (Å²) < 4.78 is 0. The van der Waals surface area contributed by atoms with Crippen molar-refractivity contribution in [2.24, 2.45) is 0 Å². The minimum absolute atomic E-state index is 0.114. The number of hydrogen-bond donors (Lipinski definition) is 2. The van der Waals surface area contributed by atoms with Gasteiger partial charge in [0.25, 0.3) is 5.69 Å². The van der Waals surface area contributed by atoms with Crippen LogP contribution in [0.5, 0.6) is 0 Å². The second-order valence-electron chi connectivity index (χ2n) is 4.50. The summed E-state index contributed by atoms with van der Waals surface area (Å²) in [5.41, 5.74) is 1.69. The van der Waals surface area contributed by atoms with Crippen molar-refractivity contribution in [2.75, 3.05) is 12.9 Å². The third-order valence-corrected chi connectivity index (χ3v) is 4.30. The van der Waals surface area contributed by atoms with Gasteiger partial charge in [-0.15, -0.1) is 0 Å². The molecule has 19 heavy (non-hydrogen) atoms. The fourth-order valence-corrected chi connectivity index (χ4v) is 2.46. The molecule has 2 unspecified atom stereocenters. The first kappa shape index (κ1) is 15.9. The summed E-state index contributed by atoms with van der Waals surface area (Å²) in [5.74, 6) is 0. The maximum atomic E-state index is 10.9. The van der Waals surface area contributed by atoms with Crippen LogP contribution < -0.4 is 5.32 Å². The highest BCUT2D eigenvalue weighted by Crippen LogP contribution is 2.19. The molecule has 2 N–H and O–H groups in total. The molecule has 5 nitrogen and oxygen atoms in total. The number of nitrogens with zero attached hydrogens (tertiary/aromatic N) is 1. The van der Waals surface area contributed by atoms with E-state index in [-0.39, 0.29) is 28.5 Å². The molecule has 0 aliphatic rings. The molecule has 0 radical (unpaired) electrons. The van der Waals surface area contributed by atoms with E-state index in [2.05, 4.69) is 5.32 Å². The molecular formula is C13H20N2O3S. The minimum Gasteiger partial charge on any atom is -0.395 e. The van der Waals surface area contributed by atoms with Gasteiger partial charge in [-0.05, 0) is 25.7 Å². The number of nitrogens with one attached hydrogen (secondary N) is 1. The minimum atomic E-state index is -0.360. The van der Waals surface area contributed by atoms with Gasteiger partial charge in [0.15, 0.2) is 0 Å². The van der Waals surface area contributed by atoms with E-state index in [1.165, 1.54) is 0 Å². The molecule has 6 heteroatoms. The van der Waals surface area contributed by atoms with E-state index < -0.39 is 0 Å². The molecule has 0 aliphatic heterocycles. The summed E-state index contributed by atoms with van der Waals surface area (Å²) in [4.78, 5) is 10.5. The summed E-state index contributed by atoms with van der Waals surface area (Å²) in [7, 11) is 0. The van der Waals surface area contributed by atoms with E-state index in [9.17, 15) is 15.2 Å². The lowest BCUT2D eigenvalue weighted by molar-refractivity contribution is -0.385. The summed E-state index contributed by atoms with van der Waals surface area (Å²) in [6, 6.07) is 5.38. The molecule has 0 spiro atoms. The molecule has 1 aromatic rings. The van der Waals surface area contributed by atoms with Gasteiger partial charge in [-0.3, -0.25) is 10.1 Å². The number of hydrogen-bond acceptors (Lipinski definition) is 5. The first-order chi connectivity index (χ1) is 8.99. The van der Waals surface area contributed by atoms with Crippen LogP contribution in [0.15, 0.2) is 18.2 Å². The quantitative estimate of drug-likeness (QED) is 0.592.